The maximum atomic E-state index is 13.0. The highest BCUT2D eigenvalue weighted by molar-refractivity contribution is 7.47. The fourth-order valence-electron chi connectivity index (χ4n) is 9.09. The van der Waals surface area contributed by atoms with Gasteiger partial charge in [0.1, 0.15) is 13.2 Å². The first-order valence-corrected chi connectivity index (χ1v) is 34.4. The fraction of sp³-hybridized carbons (Fsp3) is 0.704. The molecule has 3 atom stereocenters. The molecule has 3 unspecified atom stereocenters. The van der Waals surface area contributed by atoms with Gasteiger partial charge in [-0.15, -0.1) is 0 Å². The summed E-state index contributed by atoms with van der Waals surface area (Å²) < 4.78 is 23.8. The fourth-order valence-corrected chi connectivity index (χ4v) is 9.83. The van der Waals surface area contributed by atoms with E-state index in [1.54, 1.807) is 6.08 Å². The minimum atomic E-state index is -4.36. The van der Waals surface area contributed by atoms with Gasteiger partial charge in [-0.1, -0.05) is 296 Å². The van der Waals surface area contributed by atoms with E-state index < -0.39 is 20.0 Å². The molecular formula is C71H126N2O6P+. The van der Waals surface area contributed by atoms with Crippen molar-refractivity contribution < 1.29 is 32.9 Å². The van der Waals surface area contributed by atoms with Gasteiger partial charge in [-0.05, 0) is 89.9 Å². The average Bonchev–Trinajstić information content (AvgIpc) is 3.42. The number of hydrogen-bond donors (Lipinski definition) is 3. The SMILES string of the molecule is CC/C=C\C/C=C\C/C=C\C/C=C\C/C=C\C/C=C\C/C=C\C/C=C\C/C=C\CCCCCCCCCCCC(=O)NC(COP(=O)(O)OCC[N+](C)(C)C)C(O)/C=C/CCCCCCCCCCCCCCCCCCCCC. The standard InChI is InChI=1S/C71H125N2O6P/c1-6-8-10-12-14-16-18-20-22-24-26-28-29-30-31-32-33-34-35-36-37-38-39-40-41-42-43-45-47-49-51-53-55-57-59-61-63-65-71(75)72-69(68-79-80(76,77)78-67-66-73(3,4)5)70(74)64-62-60-58-56-54-52-50-48-46-44-27-25-23-21-19-17-15-13-11-9-7-2/h8,10,14,16,20,22,26,28,30-31,33-34,36-37,39-40,42-43,62,64,69-70,74H,6-7,9,11-13,15,17-19,21,23-25,27,29,32,35,38,41,44-61,63,65-68H2,1-5H3,(H-,72,75,76,77)/p+1/b10-8-,16-14-,22-20-,28-26-,31-30-,34-33-,37-36-,40-39-,43-42-,64-62+. The number of phosphoric acid groups is 1. The van der Waals surface area contributed by atoms with Crippen LogP contribution >= 0.6 is 7.82 Å². The third-order valence-electron chi connectivity index (χ3n) is 14.2. The molecule has 0 heterocycles. The zero-order valence-electron chi connectivity index (χ0n) is 52.5. The van der Waals surface area contributed by atoms with Crippen LogP contribution in [-0.2, 0) is 18.4 Å². The summed E-state index contributed by atoms with van der Waals surface area (Å²) in [4.78, 5) is 23.4. The largest absolute Gasteiger partial charge is 0.472 e. The number of nitrogens with one attached hydrogen (secondary N) is 1. The molecular weight excluding hydrogens is 1010 g/mol. The van der Waals surface area contributed by atoms with E-state index in [4.69, 9.17) is 9.05 Å². The Bertz CT molecular complexity index is 1720. The van der Waals surface area contributed by atoms with Gasteiger partial charge in [-0.2, -0.15) is 0 Å². The van der Waals surface area contributed by atoms with Crippen molar-refractivity contribution in [3.8, 4) is 0 Å². The van der Waals surface area contributed by atoms with Crippen LogP contribution in [0.1, 0.15) is 271 Å². The number of carbonyl (C=O) groups excluding carboxylic acids is 1. The summed E-state index contributed by atoms with van der Waals surface area (Å²) in [6, 6.07) is -0.859. The number of unbranched alkanes of at least 4 members (excludes halogenated alkanes) is 28. The maximum absolute atomic E-state index is 13.0. The highest BCUT2D eigenvalue weighted by atomic mass is 31.2. The third-order valence-corrected chi connectivity index (χ3v) is 15.2. The van der Waals surface area contributed by atoms with E-state index in [1.165, 1.54) is 148 Å². The lowest BCUT2D eigenvalue weighted by Gasteiger charge is -2.25. The molecule has 0 aromatic carbocycles. The first kappa shape index (κ1) is 76.9. The Hall–Kier alpha value is -3.10. The van der Waals surface area contributed by atoms with Crippen molar-refractivity contribution in [1.82, 2.24) is 5.32 Å². The van der Waals surface area contributed by atoms with Gasteiger partial charge in [0.05, 0.1) is 39.9 Å². The molecule has 1 amide bonds. The Morgan fingerprint density at radius 3 is 1.10 bits per heavy atom. The number of carbonyl (C=O) groups is 1. The number of quaternary nitrogens is 1. The number of nitrogens with zero attached hydrogens (tertiary/aromatic N) is 1. The minimum Gasteiger partial charge on any atom is -0.387 e. The van der Waals surface area contributed by atoms with Gasteiger partial charge in [0.15, 0.2) is 0 Å². The van der Waals surface area contributed by atoms with E-state index in [2.05, 4.69) is 129 Å². The van der Waals surface area contributed by atoms with Crippen molar-refractivity contribution >= 4 is 13.7 Å². The summed E-state index contributed by atoms with van der Waals surface area (Å²) in [6.45, 7) is 4.71. The van der Waals surface area contributed by atoms with E-state index in [0.29, 0.717) is 17.4 Å². The Kier molecular flexibility index (Phi) is 58.1. The van der Waals surface area contributed by atoms with Gasteiger partial charge in [0, 0.05) is 6.42 Å². The number of aliphatic hydroxyl groups excluding tert-OH is 1. The summed E-state index contributed by atoms with van der Waals surface area (Å²) >= 11 is 0. The molecule has 0 spiro atoms. The topological polar surface area (TPSA) is 105 Å². The lowest BCUT2D eigenvalue weighted by atomic mass is 10.0. The summed E-state index contributed by atoms with van der Waals surface area (Å²) in [5.74, 6) is -0.186. The molecule has 0 bridgehead atoms. The molecule has 0 aliphatic rings. The molecule has 0 saturated carbocycles. The van der Waals surface area contributed by atoms with Gasteiger partial charge < -0.3 is 19.8 Å². The maximum Gasteiger partial charge on any atom is 0.472 e. The summed E-state index contributed by atoms with van der Waals surface area (Å²) in [7, 11) is 1.56. The van der Waals surface area contributed by atoms with Gasteiger partial charge in [-0.25, -0.2) is 4.57 Å². The van der Waals surface area contributed by atoms with Gasteiger partial charge in [-0.3, -0.25) is 13.8 Å². The van der Waals surface area contributed by atoms with Crippen LogP contribution in [0.5, 0.6) is 0 Å². The second-order valence-electron chi connectivity index (χ2n) is 23.1. The monoisotopic (exact) mass is 1130 g/mol. The van der Waals surface area contributed by atoms with Crippen LogP contribution in [0.2, 0.25) is 0 Å². The highest BCUT2D eigenvalue weighted by Gasteiger charge is 2.27. The summed E-state index contributed by atoms with van der Waals surface area (Å²) in [5.41, 5.74) is 0. The van der Waals surface area contributed by atoms with Crippen molar-refractivity contribution in [3.05, 3.63) is 122 Å². The van der Waals surface area contributed by atoms with E-state index in [1.807, 2.05) is 27.2 Å². The van der Waals surface area contributed by atoms with Gasteiger partial charge in [0.25, 0.3) is 0 Å². The van der Waals surface area contributed by atoms with Crippen molar-refractivity contribution in [2.75, 3.05) is 40.9 Å². The van der Waals surface area contributed by atoms with Crippen LogP contribution in [-0.4, -0.2) is 73.4 Å². The van der Waals surface area contributed by atoms with Crippen molar-refractivity contribution in [1.29, 1.82) is 0 Å². The normalized spacial score (nSPS) is 14.5. The number of likely N-dealkylation sites (N-methyl/N-ethyl adjacent to an activating group) is 1. The van der Waals surface area contributed by atoms with Crippen LogP contribution in [0.15, 0.2) is 122 Å². The number of allylic oxidation sites excluding steroid dienone is 19. The second-order valence-corrected chi connectivity index (χ2v) is 24.6. The van der Waals surface area contributed by atoms with Crippen LogP contribution in [0.3, 0.4) is 0 Å². The predicted octanol–water partition coefficient (Wildman–Crippen LogP) is 20.9. The van der Waals surface area contributed by atoms with Crippen LogP contribution in [0, 0.1) is 0 Å². The molecule has 0 saturated heterocycles. The number of phosphoric ester groups is 1. The predicted molar refractivity (Wildman–Crippen MR) is 350 cm³/mol. The highest BCUT2D eigenvalue weighted by Crippen LogP contribution is 2.43. The molecule has 3 N–H and O–H groups in total. The van der Waals surface area contributed by atoms with Crippen molar-refractivity contribution in [2.24, 2.45) is 0 Å². The molecule has 9 heteroatoms. The molecule has 460 valence electrons. The lowest BCUT2D eigenvalue weighted by Crippen LogP contribution is -2.45. The molecule has 0 aromatic rings. The molecule has 80 heavy (non-hydrogen) atoms. The van der Waals surface area contributed by atoms with E-state index in [9.17, 15) is 19.4 Å². The molecule has 0 aliphatic heterocycles. The van der Waals surface area contributed by atoms with Gasteiger partial charge in [0.2, 0.25) is 5.91 Å². The Balaban J connectivity index is 4.16. The first-order chi connectivity index (χ1) is 39.0. The molecule has 0 rings (SSSR count). The molecule has 8 nitrogen and oxygen atoms in total. The van der Waals surface area contributed by atoms with Crippen LogP contribution < -0.4 is 5.32 Å². The zero-order valence-corrected chi connectivity index (χ0v) is 53.4. The summed E-state index contributed by atoms with van der Waals surface area (Å²) in [6.07, 6.45) is 90.3. The lowest BCUT2D eigenvalue weighted by molar-refractivity contribution is -0.870. The van der Waals surface area contributed by atoms with Crippen molar-refractivity contribution in [3.63, 3.8) is 0 Å². The first-order valence-electron chi connectivity index (χ1n) is 32.9. The molecule has 0 fully saturated rings. The summed E-state index contributed by atoms with van der Waals surface area (Å²) in [5, 5.41) is 14.0. The van der Waals surface area contributed by atoms with E-state index >= 15 is 0 Å². The number of hydrogen-bond acceptors (Lipinski definition) is 5. The molecule has 0 radical (unpaired) electrons. The van der Waals surface area contributed by atoms with Crippen LogP contribution in [0.4, 0.5) is 0 Å². The average molecular weight is 1130 g/mol. The number of rotatable bonds is 59. The number of aliphatic hydroxyl groups is 1. The minimum absolute atomic E-state index is 0.0552. The van der Waals surface area contributed by atoms with Gasteiger partial charge >= 0.3 is 7.82 Å². The quantitative estimate of drug-likeness (QED) is 0.0243. The van der Waals surface area contributed by atoms with E-state index in [-0.39, 0.29) is 19.1 Å². The van der Waals surface area contributed by atoms with Crippen molar-refractivity contribution in [2.45, 2.75) is 283 Å². The smallest absolute Gasteiger partial charge is 0.387 e. The van der Waals surface area contributed by atoms with E-state index in [0.717, 1.165) is 103 Å². The second kappa shape index (κ2) is 60.5. The van der Waals surface area contributed by atoms with Crippen LogP contribution in [0.25, 0.3) is 0 Å². The Morgan fingerprint density at radius 1 is 0.438 bits per heavy atom. The molecule has 0 aromatic heterocycles. The zero-order chi connectivity index (χ0) is 58.4. The Labute approximate surface area is 494 Å². The molecule has 0 aliphatic carbocycles. The Morgan fingerprint density at radius 2 is 0.750 bits per heavy atom. The number of amides is 1. The third kappa shape index (κ3) is 62.5.